The highest BCUT2D eigenvalue weighted by atomic mass is 16.5. The quantitative estimate of drug-likeness (QED) is 0.496. The third kappa shape index (κ3) is 3.89. The van der Waals surface area contributed by atoms with Crippen molar-refractivity contribution in [3.05, 3.63) is 64.7 Å². The molecule has 0 unspecified atom stereocenters. The molecule has 0 fully saturated rings. The molecular formula is C21H22O5. The average Bonchev–Trinajstić information content (AvgIpc) is 3.07. The Morgan fingerprint density at radius 3 is 2.81 bits per heavy atom. The molecule has 1 aromatic carbocycles. The summed E-state index contributed by atoms with van der Waals surface area (Å²) < 4.78 is 16.7. The van der Waals surface area contributed by atoms with Crippen LogP contribution < -0.4 is 10.4 Å². The third-order valence-corrected chi connectivity index (χ3v) is 4.32. The first-order valence-corrected chi connectivity index (χ1v) is 8.51. The van der Waals surface area contributed by atoms with Crippen molar-refractivity contribution in [3.63, 3.8) is 0 Å². The fraction of sp³-hybridized carbons (Fsp3) is 0.286. The summed E-state index contributed by atoms with van der Waals surface area (Å²) in [5.74, 6) is 0.422. The lowest BCUT2D eigenvalue weighted by atomic mass is 10.0. The molecule has 5 heteroatoms. The summed E-state index contributed by atoms with van der Waals surface area (Å²) in [7, 11) is 0. The predicted octanol–water partition coefficient (Wildman–Crippen LogP) is 4.58. The predicted molar refractivity (Wildman–Crippen MR) is 102 cm³/mol. The maximum absolute atomic E-state index is 11.6. The van der Waals surface area contributed by atoms with Gasteiger partial charge in [-0.2, -0.15) is 0 Å². The summed E-state index contributed by atoms with van der Waals surface area (Å²) in [4.78, 5) is 11.6. The lowest BCUT2D eigenvalue weighted by Crippen LogP contribution is -2.07. The van der Waals surface area contributed by atoms with Crippen LogP contribution in [-0.2, 0) is 0 Å². The van der Waals surface area contributed by atoms with Crippen molar-refractivity contribution < 1.29 is 18.7 Å². The van der Waals surface area contributed by atoms with Gasteiger partial charge >= 0.3 is 5.63 Å². The van der Waals surface area contributed by atoms with E-state index in [1.54, 1.807) is 12.3 Å². The Bertz CT molecular complexity index is 1020. The molecule has 0 saturated heterocycles. The van der Waals surface area contributed by atoms with Gasteiger partial charge in [0.15, 0.2) is 11.2 Å². The van der Waals surface area contributed by atoms with Crippen LogP contribution in [-0.4, -0.2) is 17.8 Å². The van der Waals surface area contributed by atoms with E-state index in [9.17, 15) is 9.90 Å². The van der Waals surface area contributed by atoms with Gasteiger partial charge in [-0.25, -0.2) is 4.79 Å². The Kier molecular flexibility index (Phi) is 5.28. The number of aliphatic hydroxyl groups excluding tert-OH is 1. The minimum Gasteiger partial charge on any atom is -0.482 e. The maximum atomic E-state index is 11.6. The Morgan fingerprint density at radius 1 is 1.27 bits per heavy atom. The molecule has 0 aliphatic heterocycles. The molecule has 0 amide bonds. The first kappa shape index (κ1) is 18.0. The smallest absolute Gasteiger partial charge is 0.336 e. The summed E-state index contributed by atoms with van der Waals surface area (Å²) >= 11 is 0. The summed E-state index contributed by atoms with van der Waals surface area (Å²) in [6, 6.07) is 6.83. The molecule has 1 N–H and O–H groups in total. The van der Waals surface area contributed by atoms with E-state index >= 15 is 0 Å². The fourth-order valence-corrected chi connectivity index (χ4v) is 2.72. The van der Waals surface area contributed by atoms with Gasteiger partial charge in [0.25, 0.3) is 0 Å². The second-order valence-corrected chi connectivity index (χ2v) is 6.48. The summed E-state index contributed by atoms with van der Waals surface area (Å²) in [6.07, 6.45) is 4.41. The monoisotopic (exact) mass is 354 g/mol. The summed E-state index contributed by atoms with van der Waals surface area (Å²) in [5.41, 5.74) is 2.36. The zero-order valence-corrected chi connectivity index (χ0v) is 15.0. The molecule has 0 aliphatic rings. The zero-order chi connectivity index (χ0) is 18.7. The van der Waals surface area contributed by atoms with Gasteiger partial charge in [-0.15, -0.1) is 0 Å². The topological polar surface area (TPSA) is 72.8 Å². The molecule has 3 aromatic rings. The molecule has 2 heterocycles. The fourth-order valence-electron chi connectivity index (χ4n) is 2.72. The van der Waals surface area contributed by atoms with Gasteiger partial charge in [0, 0.05) is 16.8 Å². The first-order valence-electron chi connectivity index (χ1n) is 8.51. The van der Waals surface area contributed by atoms with Gasteiger partial charge in [-0.3, -0.25) is 0 Å². The van der Waals surface area contributed by atoms with E-state index in [0.29, 0.717) is 29.9 Å². The molecule has 3 rings (SSSR count). The number of rotatable bonds is 7. The van der Waals surface area contributed by atoms with Gasteiger partial charge in [-0.1, -0.05) is 17.7 Å². The van der Waals surface area contributed by atoms with E-state index in [-0.39, 0.29) is 0 Å². The van der Waals surface area contributed by atoms with Crippen molar-refractivity contribution in [2.45, 2.75) is 32.8 Å². The van der Waals surface area contributed by atoms with Gasteiger partial charge in [0.2, 0.25) is 5.75 Å². The van der Waals surface area contributed by atoms with E-state index in [2.05, 4.69) is 6.58 Å². The lowest BCUT2D eigenvalue weighted by Gasteiger charge is -2.10. The van der Waals surface area contributed by atoms with E-state index in [0.717, 1.165) is 28.3 Å². The minimum atomic E-state index is -0.491. The van der Waals surface area contributed by atoms with Crippen molar-refractivity contribution in [2.24, 2.45) is 0 Å². The van der Waals surface area contributed by atoms with Gasteiger partial charge < -0.3 is 18.7 Å². The van der Waals surface area contributed by atoms with Crippen molar-refractivity contribution in [2.75, 3.05) is 6.61 Å². The van der Waals surface area contributed by atoms with Crippen molar-refractivity contribution in [1.82, 2.24) is 0 Å². The summed E-state index contributed by atoms with van der Waals surface area (Å²) in [6.45, 7) is 7.86. The number of allylic oxidation sites excluding steroid dienone is 1. The van der Waals surface area contributed by atoms with Gasteiger partial charge in [0.1, 0.15) is 6.61 Å². The number of hydrogen-bond acceptors (Lipinski definition) is 5. The second-order valence-electron chi connectivity index (χ2n) is 6.48. The number of furan rings is 1. The highest BCUT2D eigenvalue weighted by molar-refractivity contribution is 5.99. The van der Waals surface area contributed by atoms with Crippen LogP contribution >= 0.6 is 0 Å². The second kappa shape index (κ2) is 7.62. The zero-order valence-electron chi connectivity index (χ0n) is 15.0. The number of aliphatic hydroxyl groups is 1. The van der Waals surface area contributed by atoms with Crippen molar-refractivity contribution in [1.29, 1.82) is 0 Å². The molecule has 0 radical (unpaired) electrons. The van der Waals surface area contributed by atoms with Crippen molar-refractivity contribution in [3.8, 4) is 5.75 Å². The molecule has 136 valence electrons. The number of fused-ring (bicyclic) bond motifs is 2. The number of hydrogen-bond donors (Lipinski definition) is 1. The van der Waals surface area contributed by atoms with Gasteiger partial charge in [0.05, 0.1) is 12.4 Å². The van der Waals surface area contributed by atoms with Crippen LogP contribution in [0.15, 0.2) is 68.0 Å². The van der Waals surface area contributed by atoms with Crippen LogP contribution in [0.3, 0.4) is 0 Å². The van der Waals surface area contributed by atoms with E-state index in [1.165, 1.54) is 6.07 Å². The maximum Gasteiger partial charge on any atom is 0.336 e. The Labute approximate surface area is 151 Å². The highest BCUT2D eigenvalue weighted by Crippen LogP contribution is 2.34. The molecule has 2 aromatic heterocycles. The average molecular weight is 354 g/mol. The largest absolute Gasteiger partial charge is 0.482 e. The third-order valence-electron chi connectivity index (χ3n) is 4.32. The van der Waals surface area contributed by atoms with Gasteiger partial charge in [-0.05, 0) is 51.0 Å². The Morgan fingerprint density at radius 2 is 2.04 bits per heavy atom. The molecule has 0 saturated carbocycles. The summed E-state index contributed by atoms with van der Waals surface area (Å²) in [5, 5.41) is 11.5. The molecular weight excluding hydrogens is 332 g/mol. The van der Waals surface area contributed by atoms with Crippen LogP contribution in [0, 0.1) is 0 Å². The van der Waals surface area contributed by atoms with Crippen LogP contribution in [0.2, 0.25) is 0 Å². The highest BCUT2D eigenvalue weighted by Gasteiger charge is 2.14. The van der Waals surface area contributed by atoms with E-state index in [4.69, 9.17) is 13.6 Å². The Hall–Kier alpha value is -2.79. The standard InChI is InChI=1S/C21H22O5/c1-13(2)17(22)6-4-14(3)8-10-25-21-19-16(9-11-24-19)12-15-5-7-18(23)26-20(15)21/h5,7-9,11-12,17,22H,1,4,6,10H2,2-3H3/b14-8+/t17-/m0/s1. The molecule has 0 spiro atoms. The number of benzene rings is 1. The molecule has 1 atom stereocenters. The molecule has 0 bridgehead atoms. The Balaban J connectivity index is 1.80. The van der Waals surface area contributed by atoms with Crippen LogP contribution in [0.1, 0.15) is 26.7 Å². The molecule has 0 aliphatic carbocycles. The first-order chi connectivity index (χ1) is 12.5. The number of ether oxygens (including phenoxy) is 1. The SMILES string of the molecule is C=C(C)[C@@H](O)CC/C(C)=C/COc1c2occc2cc2ccc(=O)oc12. The van der Waals surface area contributed by atoms with E-state index < -0.39 is 11.7 Å². The van der Waals surface area contributed by atoms with Crippen LogP contribution in [0.4, 0.5) is 0 Å². The molecule has 5 nitrogen and oxygen atoms in total. The minimum absolute atomic E-state index is 0.308. The molecule has 26 heavy (non-hydrogen) atoms. The van der Waals surface area contributed by atoms with Crippen LogP contribution in [0.5, 0.6) is 5.75 Å². The normalized spacial score (nSPS) is 13.3. The van der Waals surface area contributed by atoms with Crippen molar-refractivity contribution >= 4 is 21.9 Å². The lowest BCUT2D eigenvalue weighted by molar-refractivity contribution is 0.201. The van der Waals surface area contributed by atoms with E-state index in [1.807, 2.05) is 32.1 Å². The van der Waals surface area contributed by atoms with Crippen LogP contribution in [0.25, 0.3) is 21.9 Å².